The second-order valence-corrected chi connectivity index (χ2v) is 3.35. The number of aromatic carboxylic acids is 1. The maximum atomic E-state index is 10.6. The number of hydrogen-bond acceptors (Lipinski definition) is 5. The Bertz CT molecular complexity index is 561. The van der Waals surface area contributed by atoms with Gasteiger partial charge in [0, 0.05) is 17.2 Å². The monoisotopic (exact) mass is 235 g/mol. The maximum absolute atomic E-state index is 10.6. The fraction of sp³-hybridized carbons (Fsp3) is 0.0909. The number of para-hydroxylation sites is 1. The molecule has 0 aliphatic heterocycles. The average molecular weight is 235 g/mol. The van der Waals surface area contributed by atoms with Crippen molar-refractivity contribution in [2.45, 2.75) is 6.61 Å². The molecule has 0 amide bonds. The largest absolute Gasteiger partial charge is 0.507 e. The van der Waals surface area contributed by atoms with Gasteiger partial charge >= 0.3 is 5.97 Å². The zero-order valence-electron chi connectivity index (χ0n) is 8.62. The molecule has 1 aromatic heterocycles. The number of aromatic hydroxyl groups is 1. The van der Waals surface area contributed by atoms with Crippen molar-refractivity contribution < 1.29 is 24.6 Å². The molecule has 0 aliphatic rings. The van der Waals surface area contributed by atoms with Crippen LogP contribution in [0.25, 0.3) is 11.3 Å². The summed E-state index contributed by atoms with van der Waals surface area (Å²) in [6, 6.07) is 5.93. The molecule has 0 spiro atoms. The quantitative estimate of drug-likeness (QED) is 0.739. The van der Waals surface area contributed by atoms with E-state index in [1.54, 1.807) is 18.2 Å². The highest BCUT2D eigenvalue weighted by atomic mass is 16.5. The van der Waals surface area contributed by atoms with Crippen LogP contribution in [-0.2, 0) is 6.61 Å². The maximum Gasteiger partial charge on any atom is 0.374 e. The Morgan fingerprint density at radius 2 is 2.18 bits per heavy atom. The van der Waals surface area contributed by atoms with Gasteiger partial charge in [-0.05, 0) is 6.07 Å². The Labute approximate surface area is 95.7 Å². The van der Waals surface area contributed by atoms with Crippen LogP contribution in [-0.4, -0.2) is 26.4 Å². The predicted octanol–water partition coefficient (Wildman–Crippen LogP) is 1.24. The minimum atomic E-state index is -1.23. The summed E-state index contributed by atoms with van der Waals surface area (Å²) >= 11 is 0. The fourth-order valence-electron chi connectivity index (χ4n) is 1.43. The van der Waals surface area contributed by atoms with Gasteiger partial charge in [0.1, 0.15) is 11.4 Å². The Kier molecular flexibility index (Phi) is 2.80. The molecule has 0 atom stereocenters. The van der Waals surface area contributed by atoms with Gasteiger partial charge in [0.15, 0.2) is 0 Å². The highest BCUT2D eigenvalue weighted by Gasteiger charge is 2.16. The summed E-state index contributed by atoms with van der Waals surface area (Å²) in [5, 5.41) is 31.0. The van der Waals surface area contributed by atoms with E-state index in [2.05, 4.69) is 9.68 Å². The average Bonchev–Trinajstić information content (AvgIpc) is 2.78. The molecule has 1 heterocycles. The molecule has 0 saturated carbocycles. The molecule has 0 aliphatic carbocycles. The number of rotatable bonds is 3. The summed E-state index contributed by atoms with van der Waals surface area (Å²) in [4.78, 5) is 10.6. The van der Waals surface area contributed by atoms with Crippen molar-refractivity contribution in [2.75, 3.05) is 0 Å². The van der Waals surface area contributed by atoms with E-state index in [1.165, 1.54) is 6.07 Å². The smallest absolute Gasteiger partial charge is 0.374 e. The van der Waals surface area contributed by atoms with E-state index in [4.69, 9.17) is 10.2 Å². The molecule has 2 rings (SSSR count). The van der Waals surface area contributed by atoms with Crippen LogP contribution in [0.3, 0.4) is 0 Å². The number of aliphatic hydroxyl groups is 1. The van der Waals surface area contributed by atoms with Crippen LogP contribution >= 0.6 is 0 Å². The number of carbonyl (C=O) groups is 1. The molecule has 1 aromatic carbocycles. The molecule has 6 heteroatoms. The lowest BCUT2D eigenvalue weighted by Gasteiger charge is -2.04. The molecule has 0 radical (unpaired) electrons. The highest BCUT2D eigenvalue weighted by molar-refractivity contribution is 5.86. The van der Waals surface area contributed by atoms with Crippen LogP contribution in [0, 0.1) is 0 Å². The number of benzene rings is 1. The van der Waals surface area contributed by atoms with Gasteiger partial charge in [-0.25, -0.2) is 4.79 Å². The molecule has 3 N–H and O–H groups in total. The number of aliphatic hydroxyl groups excluding tert-OH is 1. The summed E-state index contributed by atoms with van der Waals surface area (Å²) in [6.45, 7) is -0.316. The van der Waals surface area contributed by atoms with Gasteiger partial charge in [-0.3, -0.25) is 0 Å². The van der Waals surface area contributed by atoms with Crippen LogP contribution in [0.15, 0.2) is 28.8 Å². The standard InChI is InChI=1S/C11H9NO5/c13-5-6-2-1-3-7(10(6)14)8-4-9(11(15)16)17-12-8/h1-4,13-14H,5H2,(H,15,16). The molecule has 0 fully saturated rings. The van der Waals surface area contributed by atoms with E-state index in [-0.39, 0.29) is 23.8 Å². The molecule has 0 unspecified atom stereocenters. The van der Waals surface area contributed by atoms with Crippen LogP contribution in [0.1, 0.15) is 16.1 Å². The SMILES string of the molecule is O=C(O)c1cc(-c2cccc(CO)c2O)no1. The molecule has 6 nitrogen and oxygen atoms in total. The van der Waals surface area contributed by atoms with Gasteiger partial charge in [-0.1, -0.05) is 17.3 Å². The number of carboxylic acid groups (broad SMARTS) is 1. The Hall–Kier alpha value is -2.34. The molecule has 0 bridgehead atoms. The minimum Gasteiger partial charge on any atom is -0.507 e. The van der Waals surface area contributed by atoms with Gasteiger partial charge < -0.3 is 19.8 Å². The topological polar surface area (TPSA) is 104 Å². The number of hydrogen-bond donors (Lipinski definition) is 3. The Morgan fingerprint density at radius 3 is 2.76 bits per heavy atom. The first-order chi connectivity index (χ1) is 8.13. The van der Waals surface area contributed by atoms with E-state index in [0.29, 0.717) is 11.1 Å². The molecule has 0 saturated heterocycles. The number of nitrogens with zero attached hydrogens (tertiary/aromatic N) is 1. The zero-order chi connectivity index (χ0) is 12.4. The van der Waals surface area contributed by atoms with Crippen molar-refractivity contribution in [3.05, 3.63) is 35.6 Å². The summed E-state index contributed by atoms with van der Waals surface area (Å²) in [7, 11) is 0. The Balaban J connectivity index is 2.49. The van der Waals surface area contributed by atoms with Gasteiger partial charge in [0.2, 0.25) is 5.76 Å². The molecule has 17 heavy (non-hydrogen) atoms. The lowest BCUT2D eigenvalue weighted by atomic mass is 10.1. The van der Waals surface area contributed by atoms with Crippen LogP contribution < -0.4 is 0 Å². The van der Waals surface area contributed by atoms with Crippen molar-refractivity contribution in [3.8, 4) is 17.0 Å². The lowest BCUT2D eigenvalue weighted by Crippen LogP contribution is -1.91. The Morgan fingerprint density at radius 1 is 1.41 bits per heavy atom. The highest BCUT2D eigenvalue weighted by Crippen LogP contribution is 2.31. The number of aromatic nitrogens is 1. The molecule has 88 valence electrons. The van der Waals surface area contributed by atoms with E-state index in [0.717, 1.165) is 0 Å². The van der Waals surface area contributed by atoms with E-state index < -0.39 is 5.97 Å². The summed E-state index contributed by atoms with van der Waals surface area (Å²) in [5.41, 5.74) is 0.852. The summed E-state index contributed by atoms with van der Waals surface area (Å²) in [5.74, 6) is -1.68. The third-order valence-electron chi connectivity index (χ3n) is 2.29. The molecule has 2 aromatic rings. The number of carboxylic acids is 1. The van der Waals surface area contributed by atoms with Crippen LogP contribution in [0.4, 0.5) is 0 Å². The van der Waals surface area contributed by atoms with Gasteiger partial charge in [0.25, 0.3) is 0 Å². The van der Waals surface area contributed by atoms with Crippen molar-refractivity contribution in [2.24, 2.45) is 0 Å². The van der Waals surface area contributed by atoms with Gasteiger partial charge in [-0.15, -0.1) is 0 Å². The third-order valence-corrected chi connectivity index (χ3v) is 2.29. The second kappa shape index (κ2) is 4.26. The molecular weight excluding hydrogens is 226 g/mol. The lowest BCUT2D eigenvalue weighted by molar-refractivity contribution is 0.0652. The van der Waals surface area contributed by atoms with E-state index in [9.17, 15) is 9.90 Å². The van der Waals surface area contributed by atoms with Crippen molar-refractivity contribution in [1.29, 1.82) is 0 Å². The first-order valence-electron chi connectivity index (χ1n) is 4.75. The minimum absolute atomic E-state index is 0.139. The second-order valence-electron chi connectivity index (χ2n) is 3.35. The van der Waals surface area contributed by atoms with E-state index in [1.807, 2.05) is 0 Å². The number of phenols is 1. The van der Waals surface area contributed by atoms with E-state index >= 15 is 0 Å². The fourth-order valence-corrected chi connectivity index (χ4v) is 1.43. The third kappa shape index (κ3) is 1.98. The molecular formula is C11H9NO5. The summed E-state index contributed by atoms with van der Waals surface area (Å²) in [6.07, 6.45) is 0. The van der Waals surface area contributed by atoms with Crippen molar-refractivity contribution >= 4 is 5.97 Å². The van der Waals surface area contributed by atoms with Gasteiger partial charge in [0.05, 0.1) is 6.61 Å². The zero-order valence-corrected chi connectivity index (χ0v) is 8.62. The van der Waals surface area contributed by atoms with Gasteiger partial charge in [-0.2, -0.15) is 0 Å². The normalized spacial score (nSPS) is 10.4. The van der Waals surface area contributed by atoms with Crippen LogP contribution in [0.5, 0.6) is 5.75 Å². The van der Waals surface area contributed by atoms with Crippen molar-refractivity contribution in [3.63, 3.8) is 0 Å². The first-order valence-corrected chi connectivity index (χ1v) is 4.75. The summed E-state index contributed by atoms with van der Waals surface area (Å²) < 4.78 is 4.59. The first kappa shape index (κ1) is 11.2. The van der Waals surface area contributed by atoms with Crippen LogP contribution in [0.2, 0.25) is 0 Å². The van der Waals surface area contributed by atoms with Crippen molar-refractivity contribution in [1.82, 2.24) is 5.16 Å². The predicted molar refractivity (Wildman–Crippen MR) is 56.5 cm³/mol.